The number of carbonyl (C=O) groups excluding carboxylic acids is 3. The van der Waals surface area contributed by atoms with Crippen LogP contribution < -0.4 is 4.74 Å². The number of amides is 2. The summed E-state index contributed by atoms with van der Waals surface area (Å²) in [5.74, 6) is -0.425. The minimum absolute atomic E-state index is 0.163. The Balaban J connectivity index is 1.47. The molecule has 1 saturated heterocycles. The maximum atomic E-state index is 12.7. The lowest BCUT2D eigenvalue weighted by molar-refractivity contribution is -0.145. The Labute approximate surface area is 195 Å². The zero-order chi connectivity index (χ0) is 20.7. The second kappa shape index (κ2) is 8.32. The Kier molecular flexibility index (Phi) is 5.96. The maximum Gasteiger partial charge on any atom is 0.344 e. The third-order valence-electron chi connectivity index (χ3n) is 5.43. The van der Waals surface area contributed by atoms with Gasteiger partial charge in [0, 0.05) is 0 Å². The number of nitrogens with zero attached hydrogens (tertiary/aromatic N) is 2. The Morgan fingerprint density at radius 1 is 1.17 bits per heavy atom. The second-order valence-electron chi connectivity index (χ2n) is 7.14. The largest absolute Gasteiger partial charge is 0.480 e. The zero-order valence-electron chi connectivity index (χ0n) is 15.5. The molecule has 4 rings (SSSR count). The predicted molar refractivity (Wildman–Crippen MR) is 121 cm³/mol. The fraction of sp³-hybridized carbons (Fsp3) is 0.400. The summed E-state index contributed by atoms with van der Waals surface area (Å²) in [6, 6.07) is 3.65. The molecule has 4 atom stereocenters. The van der Waals surface area contributed by atoms with Crippen LogP contribution in [0.3, 0.4) is 0 Å². The standard InChI is InChI=1S/C20H18I2N2O5/c1-2-28-15(25)9-29-18-13(21)5-10(6-14(18)22)8-23-24-19(26)16-11-3-4-12(7-11)17(16)20(24)27/h3-6,8,11-12,16-17H,2,7,9H2,1H3/t11-,12-,16-,17+/m0/s1. The van der Waals surface area contributed by atoms with Gasteiger partial charge in [0.05, 0.1) is 31.8 Å². The van der Waals surface area contributed by atoms with Crippen LogP contribution in [0.15, 0.2) is 29.4 Å². The highest BCUT2D eigenvalue weighted by atomic mass is 127. The molecule has 7 nitrogen and oxygen atoms in total. The number of fused-ring (bicyclic) bond motifs is 5. The van der Waals surface area contributed by atoms with Gasteiger partial charge in [0.2, 0.25) is 0 Å². The molecule has 0 spiro atoms. The number of benzene rings is 1. The number of imide groups is 1. The van der Waals surface area contributed by atoms with Crippen molar-refractivity contribution in [2.75, 3.05) is 13.2 Å². The van der Waals surface area contributed by atoms with Crippen molar-refractivity contribution in [1.82, 2.24) is 5.01 Å². The number of halogens is 2. The number of esters is 1. The molecule has 1 aromatic carbocycles. The molecule has 1 aliphatic heterocycles. The van der Waals surface area contributed by atoms with E-state index in [4.69, 9.17) is 9.47 Å². The molecule has 0 radical (unpaired) electrons. The van der Waals surface area contributed by atoms with Crippen LogP contribution in [-0.2, 0) is 19.1 Å². The first-order valence-corrected chi connectivity index (χ1v) is 11.4. The predicted octanol–water partition coefficient (Wildman–Crippen LogP) is 2.98. The molecule has 1 saturated carbocycles. The van der Waals surface area contributed by atoms with Gasteiger partial charge in [0.1, 0.15) is 5.75 Å². The number of rotatable bonds is 6. The first-order valence-electron chi connectivity index (χ1n) is 9.28. The van der Waals surface area contributed by atoms with Crippen molar-refractivity contribution in [3.05, 3.63) is 37.0 Å². The third-order valence-corrected chi connectivity index (χ3v) is 7.03. The van der Waals surface area contributed by atoms with Crippen molar-refractivity contribution < 1.29 is 23.9 Å². The van der Waals surface area contributed by atoms with Gasteiger partial charge >= 0.3 is 5.97 Å². The van der Waals surface area contributed by atoms with Crippen LogP contribution in [0.2, 0.25) is 0 Å². The Hall–Kier alpha value is -1.50. The van der Waals surface area contributed by atoms with Gasteiger partial charge in [0.25, 0.3) is 11.8 Å². The molecule has 0 unspecified atom stereocenters. The number of allylic oxidation sites excluding steroid dienone is 2. The smallest absolute Gasteiger partial charge is 0.344 e. The molecule has 3 aliphatic rings. The van der Waals surface area contributed by atoms with Crippen LogP contribution in [0.1, 0.15) is 18.9 Å². The van der Waals surface area contributed by atoms with Crippen LogP contribution >= 0.6 is 45.2 Å². The van der Waals surface area contributed by atoms with Crippen molar-refractivity contribution >= 4 is 69.2 Å². The summed E-state index contributed by atoms with van der Waals surface area (Å²) in [7, 11) is 0. The first-order chi connectivity index (χ1) is 13.9. The van der Waals surface area contributed by atoms with Crippen molar-refractivity contribution in [2.24, 2.45) is 28.8 Å². The van der Waals surface area contributed by atoms with E-state index in [-0.39, 0.29) is 42.1 Å². The van der Waals surface area contributed by atoms with Gasteiger partial charge in [-0.15, -0.1) is 0 Å². The minimum atomic E-state index is -0.426. The fourth-order valence-corrected chi connectivity index (χ4v) is 6.38. The lowest BCUT2D eigenvalue weighted by Crippen LogP contribution is -2.28. The molecule has 2 bridgehead atoms. The molecule has 0 aromatic heterocycles. The van der Waals surface area contributed by atoms with E-state index in [9.17, 15) is 14.4 Å². The molecule has 1 heterocycles. The van der Waals surface area contributed by atoms with Crippen molar-refractivity contribution in [3.63, 3.8) is 0 Å². The SMILES string of the molecule is CCOC(=O)COc1c(I)cc(C=NN2C(=O)[C@@H]3[C@H](C2=O)[C@H]2C=C[C@H]3C2)cc1I. The van der Waals surface area contributed by atoms with Crippen molar-refractivity contribution in [1.29, 1.82) is 0 Å². The molecular weight excluding hydrogens is 602 g/mol. The van der Waals surface area contributed by atoms with Gasteiger partial charge in [-0.3, -0.25) is 9.59 Å². The lowest BCUT2D eigenvalue weighted by atomic mass is 9.85. The Morgan fingerprint density at radius 2 is 1.76 bits per heavy atom. The molecule has 2 fully saturated rings. The molecule has 2 amide bonds. The van der Waals surface area contributed by atoms with Crippen LogP contribution in [0, 0.1) is 30.8 Å². The molecule has 29 heavy (non-hydrogen) atoms. The number of ether oxygens (including phenoxy) is 2. The normalized spacial score (nSPS) is 27.2. The zero-order valence-corrected chi connectivity index (χ0v) is 19.8. The summed E-state index contributed by atoms with van der Waals surface area (Å²) < 4.78 is 12.0. The average molecular weight is 620 g/mol. The minimum Gasteiger partial charge on any atom is -0.480 e. The van der Waals surface area contributed by atoms with Crippen LogP contribution in [0.25, 0.3) is 0 Å². The summed E-state index contributed by atoms with van der Waals surface area (Å²) in [4.78, 5) is 36.9. The fourth-order valence-electron chi connectivity index (χ4n) is 4.25. The van der Waals surface area contributed by atoms with E-state index in [0.717, 1.165) is 24.1 Å². The highest BCUT2D eigenvalue weighted by Crippen LogP contribution is 2.52. The van der Waals surface area contributed by atoms with E-state index in [1.165, 1.54) is 6.21 Å². The van der Waals surface area contributed by atoms with E-state index in [2.05, 4.69) is 62.4 Å². The molecule has 152 valence electrons. The highest BCUT2D eigenvalue weighted by Gasteiger charge is 2.59. The molecule has 1 aromatic rings. The van der Waals surface area contributed by atoms with Crippen molar-refractivity contribution in [3.8, 4) is 5.75 Å². The van der Waals surface area contributed by atoms with Gasteiger partial charge in [-0.2, -0.15) is 10.1 Å². The monoisotopic (exact) mass is 620 g/mol. The molecule has 9 heteroatoms. The van der Waals surface area contributed by atoms with Gasteiger partial charge in [-0.05, 0) is 88.1 Å². The third kappa shape index (κ3) is 3.82. The summed E-state index contributed by atoms with van der Waals surface area (Å²) in [6.45, 7) is 1.88. The Bertz CT molecular complexity index is 892. The molecule has 0 N–H and O–H groups in total. The van der Waals surface area contributed by atoms with Gasteiger partial charge in [-0.1, -0.05) is 12.2 Å². The van der Waals surface area contributed by atoms with E-state index in [1.54, 1.807) is 6.92 Å². The van der Waals surface area contributed by atoms with Gasteiger partial charge in [-0.25, -0.2) is 4.79 Å². The summed E-state index contributed by atoms with van der Waals surface area (Å²) >= 11 is 4.22. The second-order valence-corrected chi connectivity index (χ2v) is 9.46. The number of hydrazone groups is 1. The van der Waals surface area contributed by atoms with E-state index in [1.807, 2.05) is 12.1 Å². The van der Waals surface area contributed by atoms with E-state index >= 15 is 0 Å². The average Bonchev–Trinajstić information content (AvgIpc) is 3.34. The van der Waals surface area contributed by atoms with E-state index in [0.29, 0.717) is 12.4 Å². The Morgan fingerprint density at radius 3 is 2.31 bits per heavy atom. The van der Waals surface area contributed by atoms with E-state index < -0.39 is 5.97 Å². The quantitative estimate of drug-likeness (QED) is 0.161. The number of hydrogen-bond donors (Lipinski definition) is 0. The molecular formula is C20H18I2N2O5. The van der Waals surface area contributed by atoms with Crippen LogP contribution in [0.4, 0.5) is 0 Å². The van der Waals surface area contributed by atoms with Gasteiger partial charge in [0.15, 0.2) is 6.61 Å². The van der Waals surface area contributed by atoms with Gasteiger partial charge < -0.3 is 9.47 Å². The topological polar surface area (TPSA) is 85.3 Å². The summed E-state index contributed by atoms with van der Waals surface area (Å²) in [5, 5.41) is 5.24. The van der Waals surface area contributed by atoms with Crippen LogP contribution in [-0.4, -0.2) is 42.2 Å². The van der Waals surface area contributed by atoms with Crippen LogP contribution in [0.5, 0.6) is 5.75 Å². The first kappa shape index (κ1) is 20.8. The summed E-state index contributed by atoms with van der Waals surface area (Å²) in [5.41, 5.74) is 0.737. The number of hydrogen-bond acceptors (Lipinski definition) is 6. The highest BCUT2D eigenvalue weighted by molar-refractivity contribution is 14.1. The maximum absolute atomic E-state index is 12.7. The number of carbonyl (C=O) groups is 3. The molecule has 2 aliphatic carbocycles. The van der Waals surface area contributed by atoms with Crippen molar-refractivity contribution in [2.45, 2.75) is 13.3 Å². The lowest BCUT2D eigenvalue weighted by Gasteiger charge is -2.13. The summed E-state index contributed by atoms with van der Waals surface area (Å²) in [6.07, 6.45) is 6.54.